The Kier molecular flexibility index (Phi) is 6.82. The average molecular weight is 507 g/mol. The molecule has 0 bridgehead atoms. The maximum absolute atomic E-state index is 13.3. The van der Waals surface area contributed by atoms with Gasteiger partial charge in [0, 0.05) is 44.8 Å². The van der Waals surface area contributed by atoms with Crippen LogP contribution in [0, 0.1) is 11.3 Å². The van der Waals surface area contributed by atoms with E-state index < -0.39 is 11.7 Å². The zero-order valence-electron chi connectivity index (χ0n) is 20.0. The van der Waals surface area contributed by atoms with Gasteiger partial charge in [0.15, 0.2) is 5.82 Å². The number of hydrogen-bond donors (Lipinski definition) is 0. The van der Waals surface area contributed by atoms with Gasteiger partial charge in [0.25, 0.3) is 0 Å². The molecule has 0 unspecified atom stereocenters. The third-order valence-electron chi connectivity index (χ3n) is 6.67. The van der Waals surface area contributed by atoms with Crippen molar-refractivity contribution in [2.24, 2.45) is 0 Å². The van der Waals surface area contributed by atoms with Crippen molar-refractivity contribution in [1.29, 1.82) is 5.26 Å². The highest BCUT2D eigenvalue weighted by Gasteiger charge is 2.33. The van der Waals surface area contributed by atoms with E-state index in [0.717, 1.165) is 44.9 Å². The molecule has 1 fully saturated rings. The second-order valence-corrected chi connectivity index (χ2v) is 9.12. The van der Waals surface area contributed by atoms with Crippen LogP contribution >= 0.6 is 0 Å². The van der Waals surface area contributed by atoms with E-state index in [1.54, 1.807) is 12.1 Å². The molecule has 0 spiro atoms. The molecule has 1 amide bonds. The summed E-state index contributed by atoms with van der Waals surface area (Å²) < 4.78 is 41.2. The maximum atomic E-state index is 13.3. The van der Waals surface area contributed by atoms with Crippen LogP contribution in [0.5, 0.6) is 0 Å². The molecule has 7 nitrogen and oxygen atoms in total. The minimum absolute atomic E-state index is 0.138. The summed E-state index contributed by atoms with van der Waals surface area (Å²) in [6.07, 6.45) is -1.47. The summed E-state index contributed by atoms with van der Waals surface area (Å²) in [7, 11) is 0. The minimum Gasteiger partial charge on any atom is -0.297 e. The van der Waals surface area contributed by atoms with E-state index in [9.17, 15) is 23.2 Å². The highest BCUT2D eigenvalue weighted by atomic mass is 19.4. The standard InChI is InChI=1S/C27H25F3N6O/c28-27(29,30)23-8-4-7-21(15-23)24-9-10-35(26-22(16-31)17-32-36(24)26)25(37)19-34-13-11-33(12-14-34)18-20-5-2-1-3-6-20/h1-9,15,17H,10-14,18-19H2. The van der Waals surface area contributed by atoms with Crippen LogP contribution in [0.25, 0.3) is 5.70 Å². The van der Waals surface area contributed by atoms with Crippen molar-refractivity contribution >= 4 is 17.4 Å². The van der Waals surface area contributed by atoms with Crippen LogP contribution in [-0.4, -0.2) is 64.8 Å². The number of amides is 1. The third-order valence-corrected chi connectivity index (χ3v) is 6.67. The fourth-order valence-corrected chi connectivity index (χ4v) is 4.75. The number of anilines is 1. The predicted octanol–water partition coefficient (Wildman–Crippen LogP) is 3.83. The molecule has 1 saturated heterocycles. The molecule has 2 aliphatic rings. The van der Waals surface area contributed by atoms with E-state index in [-0.39, 0.29) is 30.4 Å². The van der Waals surface area contributed by atoms with Gasteiger partial charge in [-0.2, -0.15) is 23.5 Å². The van der Waals surface area contributed by atoms with Crippen molar-refractivity contribution in [2.45, 2.75) is 12.7 Å². The quantitative estimate of drug-likeness (QED) is 0.526. The van der Waals surface area contributed by atoms with Crippen LogP contribution in [0.1, 0.15) is 22.3 Å². The number of carbonyl (C=O) groups is 1. The lowest BCUT2D eigenvalue weighted by atomic mass is 10.1. The zero-order valence-corrected chi connectivity index (χ0v) is 20.0. The predicted molar refractivity (Wildman–Crippen MR) is 132 cm³/mol. The second-order valence-electron chi connectivity index (χ2n) is 9.12. The van der Waals surface area contributed by atoms with Crippen LogP contribution in [0.4, 0.5) is 19.0 Å². The van der Waals surface area contributed by atoms with Crippen LogP contribution < -0.4 is 4.90 Å². The van der Waals surface area contributed by atoms with Crippen molar-refractivity contribution in [3.8, 4) is 6.07 Å². The van der Waals surface area contributed by atoms with Crippen molar-refractivity contribution in [3.05, 3.63) is 89.1 Å². The van der Waals surface area contributed by atoms with E-state index in [4.69, 9.17) is 0 Å². The average Bonchev–Trinajstić information content (AvgIpc) is 3.34. The van der Waals surface area contributed by atoms with Crippen molar-refractivity contribution in [2.75, 3.05) is 44.2 Å². The molecule has 0 atom stereocenters. The maximum Gasteiger partial charge on any atom is 0.416 e. The van der Waals surface area contributed by atoms with Gasteiger partial charge in [-0.15, -0.1) is 0 Å². The van der Waals surface area contributed by atoms with Gasteiger partial charge in [-0.1, -0.05) is 42.5 Å². The Balaban J connectivity index is 1.29. The smallest absolute Gasteiger partial charge is 0.297 e. The topological polar surface area (TPSA) is 68.4 Å². The highest BCUT2D eigenvalue weighted by Crippen LogP contribution is 2.34. The first-order chi connectivity index (χ1) is 17.8. The number of alkyl halides is 3. The molecule has 0 N–H and O–H groups in total. The van der Waals surface area contributed by atoms with E-state index in [0.29, 0.717) is 11.3 Å². The largest absolute Gasteiger partial charge is 0.416 e. The van der Waals surface area contributed by atoms with E-state index in [1.807, 2.05) is 18.2 Å². The molecule has 37 heavy (non-hydrogen) atoms. The molecule has 3 aromatic rings. The Morgan fingerprint density at radius 3 is 2.43 bits per heavy atom. The Bertz CT molecular complexity index is 1350. The van der Waals surface area contributed by atoms with Gasteiger partial charge >= 0.3 is 6.18 Å². The first-order valence-corrected chi connectivity index (χ1v) is 12.0. The lowest BCUT2D eigenvalue weighted by Gasteiger charge is -2.36. The molecule has 0 saturated carbocycles. The summed E-state index contributed by atoms with van der Waals surface area (Å²) in [6.45, 7) is 4.33. The summed E-state index contributed by atoms with van der Waals surface area (Å²) in [5, 5.41) is 13.9. The minimum atomic E-state index is -4.48. The van der Waals surface area contributed by atoms with Gasteiger partial charge in [0.05, 0.1) is 24.0 Å². The Hall–Kier alpha value is -3.94. The zero-order chi connectivity index (χ0) is 26.0. The number of carbonyl (C=O) groups excluding carboxylic acids is 1. The van der Waals surface area contributed by atoms with E-state index in [2.05, 4.69) is 33.1 Å². The SMILES string of the molecule is N#Cc1cnn2c1N(C(=O)CN1CCN(Cc3ccccc3)CC1)CC=C2c1cccc(C(F)(F)F)c1. The number of halogens is 3. The van der Waals surface area contributed by atoms with Gasteiger partial charge in [-0.25, -0.2) is 4.68 Å². The van der Waals surface area contributed by atoms with Gasteiger partial charge in [-0.3, -0.25) is 19.5 Å². The molecule has 0 radical (unpaired) electrons. The van der Waals surface area contributed by atoms with Gasteiger partial charge < -0.3 is 0 Å². The number of nitrogens with zero attached hydrogens (tertiary/aromatic N) is 6. The molecule has 2 aromatic carbocycles. The lowest BCUT2D eigenvalue weighted by Crippen LogP contribution is -2.50. The van der Waals surface area contributed by atoms with Crippen molar-refractivity contribution in [1.82, 2.24) is 19.6 Å². The fraction of sp³-hybridized carbons (Fsp3) is 0.296. The summed E-state index contributed by atoms with van der Waals surface area (Å²) in [6, 6.07) is 17.3. The van der Waals surface area contributed by atoms with Crippen molar-refractivity contribution in [3.63, 3.8) is 0 Å². The number of benzene rings is 2. The molecule has 5 rings (SSSR count). The molecular formula is C27H25F3N6O. The molecule has 190 valence electrons. The van der Waals surface area contributed by atoms with Crippen LogP contribution in [0.3, 0.4) is 0 Å². The van der Waals surface area contributed by atoms with Crippen LogP contribution in [0.15, 0.2) is 66.9 Å². The van der Waals surface area contributed by atoms with Crippen LogP contribution in [-0.2, 0) is 17.5 Å². The normalized spacial score (nSPS) is 16.7. The fourth-order valence-electron chi connectivity index (χ4n) is 4.75. The first kappa shape index (κ1) is 24.7. The first-order valence-electron chi connectivity index (χ1n) is 12.0. The van der Waals surface area contributed by atoms with Gasteiger partial charge in [-0.05, 0) is 23.8 Å². The number of aromatic nitrogens is 2. The summed E-state index contributed by atoms with van der Waals surface area (Å²) in [5.74, 6) is 0.0965. The summed E-state index contributed by atoms with van der Waals surface area (Å²) in [4.78, 5) is 19.3. The van der Waals surface area contributed by atoms with Gasteiger partial charge in [0.2, 0.25) is 5.91 Å². The Morgan fingerprint density at radius 2 is 1.73 bits per heavy atom. The molecule has 3 heterocycles. The molecule has 0 aliphatic carbocycles. The molecule has 2 aliphatic heterocycles. The Morgan fingerprint density at radius 1 is 1.00 bits per heavy atom. The summed E-state index contributed by atoms with van der Waals surface area (Å²) in [5.41, 5.74) is 1.39. The number of nitriles is 1. The summed E-state index contributed by atoms with van der Waals surface area (Å²) >= 11 is 0. The second kappa shape index (κ2) is 10.2. The number of fused-ring (bicyclic) bond motifs is 1. The van der Waals surface area contributed by atoms with E-state index >= 15 is 0 Å². The highest BCUT2D eigenvalue weighted by molar-refractivity contribution is 5.97. The number of hydrogen-bond acceptors (Lipinski definition) is 5. The number of piperazine rings is 1. The van der Waals surface area contributed by atoms with Crippen molar-refractivity contribution < 1.29 is 18.0 Å². The molecule has 1 aromatic heterocycles. The van der Waals surface area contributed by atoms with E-state index in [1.165, 1.54) is 27.4 Å². The lowest BCUT2D eigenvalue weighted by molar-refractivity contribution is -0.137. The number of rotatable bonds is 5. The monoisotopic (exact) mass is 506 g/mol. The van der Waals surface area contributed by atoms with Gasteiger partial charge in [0.1, 0.15) is 11.6 Å². The third kappa shape index (κ3) is 5.28. The molecule has 10 heteroatoms. The molecular weight excluding hydrogens is 481 g/mol. The van der Waals surface area contributed by atoms with Crippen LogP contribution in [0.2, 0.25) is 0 Å². The Labute approximate surface area is 212 Å².